The van der Waals surface area contributed by atoms with Crippen molar-refractivity contribution >= 4 is 12.0 Å². The Morgan fingerprint density at radius 1 is 1.50 bits per heavy atom. The highest BCUT2D eigenvalue weighted by molar-refractivity contribution is 5.90. The van der Waals surface area contributed by atoms with E-state index < -0.39 is 11.7 Å². The van der Waals surface area contributed by atoms with Crippen LogP contribution < -0.4 is 10.5 Å². The largest absolute Gasteiger partial charge is 0.467 e. The smallest absolute Gasteiger partial charge is 0.241 e. The van der Waals surface area contributed by atoms with E-state index in [1.54, 1.807) is 0 Å². The molecule has 4 nitrogen and oxygen atoms in total. The maximum absolute atomic E-state index is 13.2. The molecule has 84 valence electrons. The molecule has 2 N–H and O–H groups in total. The average Bonchev–Trinajstić information content (AvgIpc) is 2.25. The number of benzene rings is 1. The van der Waals surface area contributed by atoms with Gasteiger partial charge in [0.15, 0.2) is 6.79 Å². The molecule has 0 fully saturated rings. The maximum Gasteiger partial charge on any atom is 0.241 e. The van der Waals surface area contributed by atoms with Crippen molar-refractivity contribution < 1.29 is 18.7 Å². The zero-order valence-corrected chi connectivity index (χ0v) is 8.40. The summed E-state index contributed by atoms with van der Waals surface area (Å²) in [6.45, 7) is 0.417. The first kappa shape index (κ1) is 10.6. The van der Waals surface area contributed by atoms with Crippen LogP contribution in [-0.2, 0) is 16.1 Å². The lowest BCUT2D eigenvalue weighted by molar-refractivity contribution is -0.113. The van der Waals surface area contributed by atoms with E-state index in [4.69, 9.17) is 15.2 Å². The van der Waals surface area contributed by atoms with Crippen molar-refractivity contribution in [3.05, 3.63) is 35.2 Å². The van der Waals surface area contributed by atoms with E-state index in [1.807, 2.05) is 0 Å². The monoisotopic (exact) mass is 223 g/mol. The third kappa shape index (κ3) is 2.20. The summed E-state index contributed by atoms with van der Waals surface area (Å²) in [5.41, 5.74) is 6.07. The molecule has 1 aromatic carbocycles. The van der Waals surface area contributed by atoms with Crippen LogP contribution in [0.1, 0.15) is 11.1 Å². The van der Waals surface area contributed by atoms with E-state index in [0.717, 1.165) is 6.08 Å². The number of primary amides is 1. The number of amides is 1. The van der Waals surface area contributed by atoms with E-state index in [2.05, 4.69) is 0 Å². The molecular weight excluding hydrogens is 213 g/mol. The minimum atomic E-state index is -0.593. The number of hydrogen-bond acceptors (Lipinski definition) is 3. The maximum atomic E-state index is 13.2. The van der Waals surface area contributed by atoms with Gasteiger partial charge in [-0.05, 0) is 18.2 Å². The fourth-order valence-corrected chi connectivity index (χ4v) is 1.50. The predicted molar refractivity (Wildman–Crippen MR) is 54.9 cm³/mol. The van der Waals surface area contributed by atoms with Crippen LogP contribution in [0.15, 0.2) is 18.2 Å². The molecule has 0 unspecified atom stereocenters. The van der Waals surface area contributed by atoms with Crippen molar-refractivity contribution in [1.29, 1.82) is 0 Å². The molecule has 5 heteroatoms. The zero-order chi connectivity index (χ0) is 11.5. The minimum absolute atomic E-state index is 0.121. The Morgan fingerprint density at radius 2 is 2.31 bits per heavy atom. The number of fused-ring (bicyclic) bond motifs is 1. The molecule has 16 heavy (non-hydrogen) atoms. The number of rotatable bonds is 2. The molecule has 0 saturated heterocycles. The lowest BCUT2D eigenvalue weighted by Gasteiger charge is -2.19. The van der Waals surface area contributed by atoms with Gasteiger partial charge >= 0.3 is 0 Å². The predicted octanol–water partition coefficient (Wildman–Crippen LogP) is 1.19. The fraction of sp³-hybridized carbons (Fsp3) is 0.182. The highest BCUT2D eigenvalue weighted by atomic mass is 19.1. The second-order valence-electron chi connectivity index (χ2n) is 3.33. The quantitative estimate of drug-likeness (QED) is 0.766. The van der Waals surface area contributed by atoms with E-state index in [-0.39, 0.29) is 6.79 Å². The summed E-state index contributed by atoms with van der Waals surface area (Å²) in [5.74, 6) is -0.466. The third-order valence-electron chi connectivity index (χ3n) is 2.13. The lowest BCUT2D eigenvalue weighted by atomic mass is 10.1. The molecule has 1 aliphatic rings. The van der Waals surface area contributed by atoms with Gasteiger partial charge in [0.2, 0.25) is 5.91 Å². The highest BCUT2D eigenvalue weighted by Crippen LogP contribution is 2.30. The first-order chi connectivity index (χ1) is 7.66. The molecule has 0 atom stereocenters. The van der Waals surface area contributed by atoms with Crippen molar-refractivity contribution in [2.45, 2.75) is 6.61 Å². The number of halogens is 1. The summed E-state index contributed by atoms with van der Waals surface area (Å²) in [7, 11) is 0. The SMILES string of the molecule is NC(=O)/C=C\c1cc(F)cc2c1OCOC2. The number of hydrogen-bond donors (Lipinski definition) is 1. The summed E-state index contributed by atoms with van der Waals surface area (Å²) in [6, 6.07) is 2.62. The lowest BCUT2D eigenvalue weighted by Crippen LogP contribution is -2.13. The second-order valence-corrected chi connectivity index (χ2v) is 3.33. The van der Waals surface area contributed by atoms with E-state index in [9.17, 15) is 9.18 Å². The van der Waals surface area contributed by atoms with Gasteiger partial charge in [0.25, 0.3) is 0 Å². The molecule has 1 aliphatic heterocycles. The van der Waals surface area contributed by atoms with Crippen LogP contribution in [0.25, 0.3) is 6.08 Å². The standard InChI is InChI=1S/C11H10FNO3/c12-9-3-7(1-2-10(13)14)11-8(4-9)5-15-6-16-11/h1-4H,5-6H2,(H2,13,14)/b2-1-. The van der Waals surface area contributed by atoms with Gasteiger partial charge in [0.1, 0.15) is 11.6 Å². The number of ether oxygens (including phenoxy) is 2. The summed E-state index contributed by atoms with van der Waals surface area (Å²) >= 11 is 0. The molecule has 0 bridgehead atoms. The van der Waals surface area contributed by atoms with Gasteiger partial charge in [-0.25, -0.2) is 4.39 Å². The molecule has 0 radical (unpaired) electrons. The molecular formula is C11H10FNO3. The van der Waals surface area contributed by atoms with Gasteiger partial charge in [-0.1, -0.05) is 0 Å². The molecule has 1 amide bonds. The molecule has 1 heterocycles. The first-order valence-electron chi connectivity index (χ1n) is 4.67. The van der Waals surface area contributed by atoms with Crippen molar-refractivity contribution in [2.75, 3.05) is 6.79 Å². The molecule has 0 aliphatic carbocycles. The summed E-state index contributed by atoms with van der Waals surface area (Å²) < 4.78 is 23.5. The number of nitrogens with two attached hydrogens (primary N) is 1. The summed E-state index contributed by atoms with van der Waals surface area (Å²) in [6.07, 6.45) is 2.59. The summed E-state index contributed by atoms with van der Waals surface area (Å²) in [4.78, 5) is 10.6. The zero-order valence-electron chi connectivity index (χ0n) is 8.40. The van der Waals surface area contributed by atoms with Gasteiger partial charge in [-0.3, -0.25) is 4.79 Å². The van der Waals surface area contributed by atoms with Gasteiger partial charge in [-0.15, -0.1) is 0 Å². The van der Waals surface area contributed by atoms with E-state index >= 15 is 0 Å². The molecule has 0 aromatic heterocycles. The van der Waals surface area contributed by atoms with Crippen LogP contribution in [0, 0.1) is 5.82 Å². The molecule has 0 saturated carbocycles. The van der Waals surface area contributed by atoms with Crippen molar-refractivity contribution in [3.63, 3.8) is 0 Å². The van der Waals surface area contributed by atoms with Gasteiger partial charge in [-0.2, -0.15) is 0 Å². The Bertz CT molecular complexity index is 457. The Balaban J connectivity index is 2.43. The number of carbonyl (C=O) groups excluding carboxylic acids is 1. The first-order valence-corrected chi connectivity index (χ1v) is 4.67. The van der Waals surface area contributed by atoms with Gasteiger partial charge in [0.05, 0.1) is 6.61 Å². The van der Waals surface area contributed by atoms with Crippen LogP contribution in [0.3, 0.4) is 0 Å². The molecule has 2 rings (SSSR count). The average molecular weight is 223 g/mol. The normalized spacial score (nSPS) is 14.6. The molecule has 1 aromatic rings. The fourth-order valence-electron chi connectivity index (χ4n) is 1.50. The topological polar surface area (TPSA) is 61.6 Å². The Hall–Kier alpha value is -1.88. The van der Waals surface area contributed by atoms with E-state index in [0.29, 0.717) is 23.5 Å². The summed E-state index contributed by atoms with van der Waals surface area (Å²) in [5, 5.41) is 0. The van der Waals surface area contributed by atoms with Crippen LogP contribution >= 0.6 is 0 Å². The van der Waals surface area contributed by atoms with Gasteiger partial charge in [0, 0.05) is 17.2 Å². The number of carbonyl (C=O) groups is 1. The molecule has 0 spiro atoms. The van der Waals surface area contributed by atoms with E-state index in [1.165, 1.54) is 18.2 Å². The van der Waals surface area contributed by atoms with Crippen molar-refractivity contribution in [2.24, 2.45) is 5.73 Å². The second kappa shape index (κ2) is 4.32. The van der Waals surface area contributed by atoms with Crippen LogP contribution in [0.5, 0.6) is 5.75 Å². The third-order valence-corrected chi connectivity index (χ3v) is 2.13. The van der Waals surface area contributed by atoms with Crippen LogP contribution in [-0.4, -0.2) is 12.7 Å². The Morgan fingerprint density at radius 3 is 3.06 bits per heavy atom. The van der Waals surface area contributed by atoms with Crippen LogP contribution in [0.4, 0.5) is 4.39 Å². The van der Waals surface area contributed by atoms with Gasteiger partial charge < -0.3 is 15.2 Å². The highest BCUT2D eigenvalue weighted by Gasteiger charge is 2.15. The Kier molecular flexibility index (Phi) is 2.87. The van der Waals surface area contributed by atoms with Crippen LogP contribution in [0.2, 0.25) is 0 Å². The minimum Gasteiger partial charge on any atom is -0.467 e. The van der Waals surface area contributed by atoms with Crippen molar-refractivity contribution in [3.8, 4) is 5.75 Å². The Labute approximate surface area is 91.5 Å². The van der Waals surface area contributed by atoms with Crippen molar-refractivity contribution in [1.82, 2.24) is 0 Å².